The number of benzene rings is 1. The molecule has 0 atom stereocenters. The van der Waals surface area contributed by atoms with Gasteiger partial charge in [0, 0.05) is 24.7 Å². The number of imidazole rings is 1. The van der Waals surface area contributed by atoms with E-state index in [9.17, 15) is 14.9 Å². The van der Waals surface area contributed by atoms with Gasteiger partial charge in [0.2, 0.25) is 5.82 Å². The second-order valence-electron chi connectivity index (χ2n) is 6.74. The zero-order chi connectivity index (χ0) is 21.2. The fourth-order valence-electron chi connectivity index (χ4n) is 2.91. The molecule has 0 radical (unpaired) electrons. The van der Waals surface area contributed by atoms with Crippen molar-refractivity contribution in [2.24, 2.45) is 0 Å². The van der Waals surface area contributed by atoms with Gasteiger partial charge >= 0.3 is 5.82 Å². The Labute approximate surface area is 171 Å². The number of carbonyl (C=O) groups excluding carboxylic acids is 1. The molecule has 0 spiro atoms. The molecule has 1 amide bonds. The second kappa shape index (κ2) is 10.9. The minimum absolute atomic E-state index is 0.0558. The summed E-state index contributed by atoms with van der Waals surface area (Å²) in [6.45, 7) is 9.39. The number of rotatable bonds is 11. The molecule has 2 aromatic rings. The summed E-state index contributed by atoms with van der Waals surface area (Å²) in [5, 5.41) is 11.0. The Morgan fingerprint density at radius 3 is 2.31 bits per heavy atom. The number of hydrogen-bond acceptors (Lipinski definition) is 4. The maximum Gasteiger partial charge on any atom is 0.347 e. The van der Waals surface area contributed by atoms with Crippen LogP contribution < -0.4 is 0 Å². The third-order valence-electron chi connectivity index (χ3n) is 4.61. The van der Waals surface area contributed by atoms with E-state index < -0.39 is 4.92 Å². The van der Waals surface area contributed by atoms with Crippen LogP contribution in [0.1, 0.15) is 61.3 Å². The van der Waals surface area contributed by atoms with Crippen LogP contribution in [0.3, 0.4) is 0 Å². The Kier molecular flexibility index (Phi) is 8.33. The third kappa shape index (κ3) is 5.88. The molecule has 2 rings (SSSR count). The molecule has 0 aliphatic heterocycles. The van der Waals surface area contributed by atoms with Crippen LogP contribution in [0.15, 0.2) is 37.0 Å². The number of carbonyl (C=O) groups is 1. The van der Waals surface area contributed by atoms with E-state index in [2.05, 4.69) is 25.4 Å². The average Bonchev–Trinajstić information content (AvgIpc) is 3.15. The van der Waals surface area contributed by atoms with Gasteiger partial charge in [-0.15, -0.1) is 0 Å². The predicted molar refractivity (Wildman–Crippen MR) is 116 cm³/mol. The van der Waals surface area contributed by atoms with Gasteiger partial charge in [-0.25, -0.2) is 4.98 Å². The van der Waals surface area contributed by atoms with E-state index in [-0.39, 0.29) is 11.7 Å². The van der Waals surface area contributed by atoms with Crippen LogP contribution in [-0.4, -0.2) is 38.4 Å². The van der Waals surface area contributed by atoms with E-state index >= 15 is 0 Å². The summed E-state index contributed by atoms with van der Waals surface area (Å²) in [5.41, 5.74) is 1.54. The predicted octanol–water partition coefficient (Wildman–Crippen LogP) is 5.10. The van der Waals surface area contributed by atoms with E-state index in [1.54, 1.807) is 12.2 Å². The first-order valence-corrected chi connectivity index (χ1v) is 9.93. The number of amides is 1. The first-order chi connectivity index (χ1) is 14.0. The van der Waals surface area contributed by atoms with Crippen LogP contribution in [0.25, 0.3) is 18.4 Å². The zero-order valence-corrected chi connectivity index (χ0v) is 17.1. The summed E-state index contributed by atoms with van der Waals surface area (Å²) < 4.78 is 1.31. The topological polar surface area (TPSA) is 81.3 Å². The number of nitro groups is 1. The minimum atomic E-state index is -0.505. The van der Waals surface area contributed by atoms with Crippen molar-refractivity contribution in [2.75, 3.05) is 13.1 Å². The highest BCUT2D eigenvalue weighted by molar-refractivity contribution is 5.94. The Morgan fingerprint density at radius 1 is 1.17 bits per heavy atom. The van der Waals surface area contributed by atoms with E-state index in [0.717, 1.165) is 44.3 Å². The average molecular weight is 396 g/mol. The van der Waals surface area contributed by atoms with Gasteiger partial charge in [0.15, 0.2) is 0 Å². The molecule has 0 fully saturated rings. The molecule has 0 unspecified atom stereocenters. The lowest BCUT2D eigenvalue weighted by Gasteiger charge is -2.22. The molecule has 0 aliphatic rings. The highest BCUT2D eigenvalue weighted by atomic mass is 16.6. The van der Waals surface area contributed by atoms with Crippen LogP contribution in [0.4, 0.5) is 5.82 Å². The first kappa shape index (κ1) is 22.1. The number of unbranched alkanes of at least 4 members (excludes halogenated alkanes) is 2. The quantitative estimate of drug-likeness (QED) is 0.391. The largest absolute Gasteiger partial charge is 0.358 e. The molecular formula is C22H28N4O3. The SMILES string of the molecule is C=Cn1c([N+](=O)[O-])cnc1C=Cc1ccc(C(=O)N(CCCC)CCCC)cc1. The Balaban J connectivity index is 2.13. The molecule has 0 aliphatic carbocycles. The van der Waals surface area contributed by atoms with Crippen molar-refractivity contribution in [2.45, 2.75) is 39.5 Å². The summed E-state index contributed by atoms with van der Waals surface area (Å²) >= 11 is 0. The van der Waals surface area contributed by atoms with E-state index in [0.29, 0.717) is 11.4 Å². The van der Waals surface area contributed by atoms with Crippen LogP contribution in [0.2, 0.25) is 0 Å². The molecule has 0 saturated carbocycles. The number of nitrogens with zero attached hydrogens (tertiary/aromatic N) is 4. The van der Waals surface area contributed by atoms with Crippen LogP contribution >= 0.6 is 0 Å². The van der Waals surface area contributed by atoms with Gasteiger partial charge in [-0.05, 0) is 41.5 Å². The Hall–Kier alpha value is -3.22. The number of aromatic nitrogens is 2. The monoisotopic (exact) mass is 396 g/mol. The maximum atomic E-state index is 12.8. The molecule has 0 saturated heterocycles. The standard InChI is InChI=1S/C22H28N4O3/c1-4-7-15-24(16-8-5-2)22(27)19-12-9-18(10-13-19)11-14-20-23-17-21(26(28)29)25(20)6-3/h6,9-14,17H,3-5,7-8,15-16H2,1-2H3. The zero-order valence-electron chi connectivity index (χ0n) is 17.1. The van der Waals surface area contributed by atoms with Gasteiger partial charge in [-0.3, -0.25) is 4.79 Å². The summed E-state index contributed by atoms with van der Waals surface area (Å²) in [4.78, 5) is 29.3. The lowest BCUT2D eigenvalue weighted by Crippen LogP contribution is -2.32. The first-order valence-electron chi connectivity index (χ1n) is 9.93. The van der Waals surface area contributed by atoms with Crippen molar-refractivity contribution in [3.63, 3.8) is 0 Å². The van der Waals surface area contributed by atoms with Crippen molar-refractivity contribution < 1.29 is 9.72 Å². The van der Waals surface area contributed by atoms with Gasteiger partial charge < -0.3 is 15.0 Å². The lowest BCUT2D eigenvalue weighted by atomic mass is 10.1. The van der Waals surface area contributed by atoms with Crippen molar-refractivity contribution in [1.29, 1.82) is 0 Å². The summed E-state index contributed by atoms with van der Waals surface area (Å²) in [7, 11) is 0. The van der Waals surface area contributed by atoms with Crippen LogP contribution in [0.5, 0.6) is 0 Å². The summed E-state index contributed by atoms with van der Waals surface area (Å²) in [5.74, 6) is 0.331. The Bertz CT molecular complexity index is 861. The van der Waals surface area contributed by atoms with Gasteiger partial charge in [0.1, 0.15) is 6.20 Å². The molecule has 1 aromatic carbocycles. The van der Waals surface area contributed by atoms with Gasteiger partial charge in [0.05, 0.1) is 6.20 Å². The second-order valence-corrected chi connectivity index (χ2v) is 6.74. The Morgan fingerprint density at radius 2 is 1.79 bits per heavy atom. The van der Waals surface area contributed by atoms with Crippen LogP contribution in [-0.2, 0) is 0 Å². The minimum Gasteiger partial charge on any atom is -0.358 e. The molecule has 1 heterocycles. The normalized spacial score (nSPS) is 11.0. The molecule has 7 heteroatoms. The molecule has 154 valence electrons. The lowest BCUT2D eigenvalue weighted by molar-refractivity contribution is -0.390. The van der Waals surface area contributed by atoms with Gasteiger partial charge in [-0.1, -0.05) is 45.4 Å². The molecule has 29 heavy (non-hydrogen) atoms. The van der Waals surface area contributed by atoms with Crippen molar-refractivity contribution in [1.82, 2.24) is 14.5 Å². The highest BCUT2D eigenvalue weighted by Gasteiger charge is 2.16. The molecular weight excluding hydrogens is 368 g/mol. The fraction of sp³-hybridized carbons (Fsp3) is 0.364. The van der Waals surface area contributed by atoms with E-state index in [1.807, 2.05) is 29.2 Å². The highest BCUT2D eigenvalue weighted by Crippen LogP contribution is 2.17. The summed E-state index contributed by atoms with van der Waals surface area (Å²) in [6.07, 6.45) is 10.1. The molecule has 0 N–H and O–H groups in total. The molecule has 7 nitrogen and oxygen atoms in total. The maximum absolute atomic E-state index is 12.8. The van der Waals surface area contributed by atoms with Gasteiger partial charge in [-0.2, -0.15) is 4.57 Å². The molecule has 0 bridgehead atoms. The fourth-order valence-corrected chi connectivity index (χ4v) is 2.91. The summed E-state index contributed by atoms with van der Waals surface area (Å²) in [6, 6.07) is 7.35. The van der Waals surface area contributed by atoms with Crippen molar-refractivity contribution >= 4 is 30.1 Å². The van der Waals surface area contributed by atoms with E-state index in [1.165, 1.54) is 17.0 Å². The van der Waals surface area contributed by atoms with E-state index in [4.69, 9.17) is 0 Å². The molecule has 1 aromatic heterocycles. The van der Waals surface area contributed by atoms with Crippen LogP contribution in [0, 0.1) is 10.1 Å². The number of hydrogen-bond donors (Lipinski definition) is 0. The van der Waals surface area contributed by atoms with Crippen molar-refractivity contribution in [3.8, 4) is 0 Å². The van der Waals surface area contributed by atoms with Gasteiger partial charge in [0.25, 0.3) is 5.91 Å². The van der Waals surface area contributed by atoms with Crippen molar-refractivity contribution in [3.05, 3.63) is 64.1 Å². The smallest absolute Gasteiger partial charge is 0.347 e. The third-order valence-corrected chi connectivity index (χ3v) is 4.61.